The standard InChI is InChI=1S/C13H14F5NO3S/c14-8-9(15)11(17)13(12(18)10(8)16)22-6-19-23(20,21)7-4-2-1-3-5-7/h7,19H,1-6H2. The van der Waals surface area contributed by atoms with Crippen molar-refractivity contribution in [2.24, 2.45) is 0 Å². The molecule has 1 N–H and O–H groups in total. The fourth-order valence-corrected chi connectivity index (χ4v) is 3.80. The van der Waals surface area contributed by atoms with Crippen LogP contribution in [0.15, 0.2) is 0 Å². The summed E-state index contributed by atoms with van der Waals surface area (Å²) in [6.07, 6.45) is 3.29. The molecule has 0 aliphatic heterocycles. The molecule has 1 fully saturated rings. The molecule has 0 heterocycles. The van der Waals surface area contributed by atoms with Crippen molar-refractivity contribution in [2.45, 2.75) is 37.4 Å². The molecule has 0 spiro atoms. The van der Waals surface area contributed by atoms with Gasteiger partial charge in [-0.05, 0) is 12.8 Å². The van der Waals surface area contributed by atoms with Crippen LogP contribution < -0.4 is 9.46 Å². The van der Waals surface area contributed by atoms with Gasteiger partial charge in [0.1, 0.15) is 0 Å². The van der Waals surface area contributed by atoms with Crippen LogP contribution in [-0.2, 0) is 10.0 Å². The molecule has 1 aromatic rings. The predicted molar refractivity (Wildman–Crippen MR) is 70.7 cm³/mol. The molecule has 0 unspecified atom stereocenters. The Labute approximate surface area is 129 Å². The number of ether oxygens (including phenoxy) is 1. The van der Waals surface area contributed by atoms with E-state index in [0.29, 0.717) is 12.8 Å². The second kappa shape index (κ2) is 7.00. The number of rotatable bonds is 5. The van der Waals surface area contributed by atoms with Gasteiger partial charge in [0.05, 0.1) is 5.25 Å². The second-order valence-corrected chi connectivity index (χ2v) is 7.18. The fraction of sp³-hybridized carbons (Fsp3) is 0.538. The summed E-state index contributed by atoms with van der Waals surface area (Å²) in [4.78, 5) is 0. The van der Waals surface area contributed by atoms with Crippen LogP contribution in [0, 0.1) is 29.1 Å². The zero-order valence-corrected chi connectivity index (χ0v) is 12.7. The molecule has 130 valence electrons. The Morgan fingerprint density at radius 1 is 0.870 bits per heavy atom. The quantitative estimate of drug-likeness (QED) is 0.381. The topological polar surface area (TPSA) is 55.4 Å². The third-order valence-electron chi connectivity index (χ3n) is 3.64. The summed E-state index contributed by atoms with van der Waals surface area (Å²) in [6.45, 7) is -0.933. The lowest BCUT2D eigenvalue weighted by Gasteiger charge is -2.22. The largest absolute Gasteiger partial charge is 0.471 e. The lowest BCUT2D eigenvalue weighted by atomic mass is 10.0. The molecule has 0 saturated heterocycles. The summed E-state index contributed by atoms with van der Waals surface area (Å²) >= 11 is 0. The van der Waals surface area contributed by atoms with Crippen LogP contribution in [0.2, 0.25) is 0 Å². The summed E-state index contributed by atoms with van der Waals surface area (Å²) in [6, 6.07) is 0. The van der Waals surface area contributed by atoms with Crippen molar-refractivity contribution in [3.05, 3.63) is 29.1 Å². The molecule has 10 heteroatoms. The van der Waals surface area contributed by atoms with Crippen molar-refractivity contribution >= 4 is 10.0 Å². The third kappa shape index (κ3) is 3.74. The summed E-state index contributed by atoms with van der Waals surface area (Å²) < 4.78 is 95.8. The van der Waals surface area contributed by atoms with Crippen LogP contribution in [0.1, 0.15) is 32.1 Å². The van der Waals surface area contributed by atoms with E-state index in [2.05, 4.69) is 4.74 Å². The molecule has 4 nitrogen and oxygen atoms in total. The normalized spacial score (nSPS) is 16.6. The molecule has 1 aliphatic rings. The van der Waals surface area contributed by atoms with Crippen molar-refractivity contribution in [3.8, 4) is 5.75 Å². The van der Waals surface area contributed by atoms with E-state index in [4.69, 9.17) is 0 Å². The first-order chi connectivity index (χ1) is 10.8. The minimum atomic E-state index is -3.79. The van der Waals surface area contributed by atoms with E-state index in [0.717, 1.165) is 19.3 Å². The van der Waals surface area contributed by atoms with E-state index in [1.165, 1.54) is 0 Å². The molecule has 0 radical (unpaired) electrons. The summed E-state index contributed by atoms with van der Waals surface area (Å²) in [5.41, 5.74) is 0. The van der Waals surface area contributed by atoms with E-state index in [-0.39, 0.29) is 0 Å². The molecule has 1 aliphatic carbocycles. The summed E-state index contributed by atoms with van der Waals surface area (Å²) in [7, 11) is -3.79. The second-order valence-electron chi connectivity index (χ2n) is 5.14. The highest BCUT2D eigenvalue weighted by atomic mass is 32.2. The number of nitrogens with one attached hydrogen (secondary N) is 1. The molecular weight excluding hydrogens is 345 g/mol. The third-order valence-corrected chi connectivity index (χ3v) is 5.51. The molecule has 0 atom stereocenters. The highest BCUT2D eigenvalue weighted by Crippen LogP contribution is 2.29. The highest BCUT2D eigenvalue weighted by Gasteiger charge is 2.29. The fourth-order valence-electron chi connectivity index (χ4n) is 2.39. The zero-order valence-electron chi connectivity index (χ0n) is 11.8. The Morgan fingerprint density at radius 2 is 1.35 bits per heavy atom. The Bertz CT molecular complexity index is 660. The molecule has 0 bridgehead atoms. The highest BCUT2D eigenvalue weighted by molar-refractivity contribution is 7.90. The predicted octanol–water partition coefficient (Wildman–Crippen LogP) is 2.97. The number of benzene rings is 1. The van der Waals surface area contributed by atoms with Crippen LogP contribution in [0.3, 0.4) is 0 Å². The maximum Gasteiger partial charge on any atom is 0.217 e. The van der Waals surface area contributed by atoms with Gasteiger partial charge in [-0.1, -0.05) is 19.3 Å². The summed E-state index contributed by atoms with van der Waals surface area (Å²) in [5.74, 6) is -12.5. The Morgan fingerprint density at radius 3 is 1.87 bits per heavy atom. The van der Waals surface area contributed by atoms with Gasteiger partial charge >= 0.3 is 0 Å². The van der Waals surface area contributed by atoms with Gasteiger partial charge < -0.3 is 4.74 Å². The molecule has 0 aromatic heterocycles. The van der Waals surface area contributed by atoms with Crippen molar-refractivity contribution < 1.29 is 35.1 Å². The van der Waals surface area contributed by atoms with Gasteiger partial charge in [0.2, 0.25) is 39.1 Å². The minimum Gasteiger partial charge on any atom is -0.471 e. The summed E-state index contributed by atoms with van der Waals surface area (Å²) in [5, 5.41) is -0.656. The van der Waals surface area contributed by atoms with Crippen molar-refractivity contribution in [2.75, 3.05) is 6.73 Å². The monoisotopic (exact) mass is 359 g/mol. The van der Waals surface area contributed by atoms with Crippen LogP contribution in [-0.4, -0.2) is 20.4 Å². The van der Waals surface area contributed by atoms with Crippen LogP contribution in [0.5, 0.6) is 5.75 Å². The van der Waals surface area contributed by atoms with Gasteiger partial charge in [-0.15, -0.1) is 0 Å². The lowest BCUT2D eigenvalue weighted by molar-refractivity contribution is 0.257. The molecule has 23 heavy (non-hydrogen) atoms. The van der Waals surface area contributed by atoms with Crippen molar-refractivity contribution in [3.63, 3.8) is 0 Å². The maximum absolute atomic E-state index is 13.4. The Hall–Kier alpha value is -1.42. The van der Waals surface area contributed by atoms with E-state index >= 15 is 0 Å². The molecule has 2 rings (SSSR count). The number of hydrogen-bond acceptors (Lipinski definition) is 3. The van der Waals surface area contributed by atoms with E-state index in [1.807, 2.05) is 4.72 Å². The Kier molecular flexibility index (Phi) is 5.45. The van der Waals surface area contributed by atoms with Gasteiger partial charge in [-0.2, -0.15) is 13.5 Å². The number of hydrogen-bond donors (Lipinski definition) is 1. The molecule has 1 aromatic carbocycles. The average Bonchev–Trinajstić information content (AvgIpc) is 2.55. The first kappa shape index (κ1) is 17.9. The minimum absolute atomic E-state index is 0.442. The molecule has 1 saturated carbocycles. The molecular formula is C13H14F5NO3S. The van der Waals surface area contributed by atoms with Gasteiger partial charge in [-0.25, -0.2) is 21.6 Å². The smallest absolute Gasteiger partial charge is 0.217 e. The lowest BCUT2D eigenvalue weighted by Crippen LogP contribution is -2.37. The average molecular weight is 359 g/mol. The number of halogens is 5. The molecule has 0 amide bonds. The maximum atomic E-state index is 13.4. The van der Waals surface area contributed by atoms with Gasteiger partial charge in [0.15, 0.2) is 12.5 Å². The van der Waals surface area contributed by atoms with E-state index in [1.54, 1.807) is 0 Å². The van der Waals surface area contributed by atoms with Gasteiger partial charge in [0.25, 0.3) is 0 Å². The van der Waals surface area contributed by atoms with Crippen LogP contribution in [0.25, 0.3) is 0 Å². The van der Waals surface area contributed by atoms with E-state index < -0.39 is 56.8 Å². The SMILES string of the molecule is O=S(=O)(NCOc1c(F)c(F)c(F)c(F)c1F)C1CCCCC1. The first-order valence-corrected chi connectivity index (χ1v) is 8.43. The van der Waals surface area contributed by atoms with Crippen LogP contribution in [0.4, 0.5) is 22.0 Å². The van der Waals surface area contributed by atoms with Gasteiger partial charge in [0, 0.05) is 0 Å². The van der Waals surface area contributed by atoms with Crippen molar-refractivity contribution in [1.29, 1.82) is 0 Å². The van der Waals surface area contributed by atoms with Crippen molar-refractivity contribution in [1.82, 2.24) is 4.72 Å². The zero-order chi connectivity index (χ0) is 17.2. The van der Waals surface area contributed by atoms with E-state index in [9.17, 15) is 30.4 Å². The Balaban J connectivity index is 2.07. The van der Waals surface area contributed by atoms with Crippen LogP contribution >= 0.6 is 0 Å². The number of sulfonamides is 1. The van der Waals surface area contributed by atoms with Gasteiger partial charge in [-0.3, -0.25) is 0 Å². The first-order valence-electron chi connectivity index (χ1n) is 6.88.